The highest BCUT2D eigenvalue weighted by atomic mass is 16.6. The molecule has 5 heteroatoms. The number of benzene rings is 1. The second kappa shape index (κ2) is 6.84. The van der Waals surface area contributed by atoms with Gasteiger partial charge in [-0.3, -0.25) is 0 Å². The van der Waals surface area contributed by atoms with Crippen LogP contribution in [-0.4, -0.2) is 23.3 Å². The fourth-order valence-electron chi connectivity index (χ4n) is 1.50. The third-order valence-corrected chi connectivity index (χ3v) is 2.38. The summed E-state index contributed by atoms with van der Waals surface area (Å²) in [5, 5.41) is 12.4. The first-order valence-electron chi connectivity index (χ1n) is 6.50. The molecule has 0 saturated carbocycles. The van der Waals surface area contributed by atoms with Crippen molar-refractivity contribution >= 4 is 17.9 Å². The predicted molar refractivity (Wildman–Crippen MR) is 80.4 cm³/mol. The number of alkyl carbamates (subject to hydrolysis) is 1. The lowest BCUT2D eigenvalue weighted by molar-refractivity contribution is 0.0529. The lowest BCUT2D eigenvalue weighted by Gasteiger charge is -2.19. The maximum absolute atomic E-state index is 11.4. The van der Waals surface area contributed by atoms with Gasteiger partial charge in [-0.25, -0.2) is 4.79 Å². The first-order valence-corrected chi connectivity index (χ1v) is 6.50. The minimum atomic E-state index is -0.493. The number of carbonyl (C=O) groups excluding carboxylic acids is 1. The van der Waals surface area contributed by atoms with Gasteiger partial charge in [0.15, 0.2) is 0 Å². The molecular formula is C15H22N2O3. The number of nitrogens with two attached hydrogens (primary N) is 1. The average Bonchev–Trinajstić information content (AvgIpc) is 2.31. The van der Waals surface area contributed by atoms with Crippen LogP contribution in [0.15, 0.2) is 24.3 Å². The van der Waals surface area contributed by atoms with Gasteiger partial charge in [0.05, 0.1) is 5.69 Å². The largest absolute Gasteiger partial charge is 0.505 e. The number of amides is 1. The highest BCUT2D eigenvalue weighted by Gasteiger charge is 2.15. The van der Waals surface area contributed by atoms with E-state index in [2.05, 4.69) is 5.32 Å². The fourth-order valence-corrected chi connectivity index (χ4v) is 1.50. The summed E-state index contributed by atoms with van der Waals surface area (Å²) < 4.78 is 5.11. The zero-order valence-electron chi connectivity index (χ0n) is 12.1. The van der Waals surface area contributed by atoms with Crippen LogP contribution in [0.1, 0.15) is 32.8 Å². The number of phenols is 1. The van der Waals surface area contributed by atoms with E-state index in [9.17, 15) is 9.90 Å². The van der Waals surface area contributed by atoms with E-state index < -0.39 is 11.7 Å². The van der Waals surface area contributed by atoms with E-state index >= 15 is 0 Å². The van der Waals surface area contributed by atoms with E-state index in [4.69, 9.17) is 10.5 Å². The summed E-state index contributed by atoms with van der Waals surface area (Å²) in [4.78, 5) is 11.4. The molecule has 4 N–H and O–H groups in total. The quantitative estimate of drug-likeness (QED) is 0.449. The van der Waals surface area contributed by atoms with Gasteiger partial charge in [0.1, 0.15) is 11.4 Å². The van der Waals surface area contributed by atoms with Crippen molar-refractivity contribution in [2.24, 2.45) is 0 Å². The molecule has 0 aliphatic carbocycles. The van der Waals surface area contributed by atoms with Gasteiger partial charge in [-0.2, -0.15) is 0 Å². The summed E-state index contributed by atoms with van der Waals surface area (Å²) in [7, 11) is 0. The number of nitrogens with one attached hydrogen (secondary N) is 1. The molecule has 20 heavy (non-hydrogen) atoms. The van der Waals surface area contributed by atoms with Crippen molar-refractivity contribution in [1.29, 1.82) is 0 Å². The number of hydrogen-bond donors (Lipinski definition) is 3. The third kappa shape index (κ3) is 5.65. The van der Waals surface area contributed by atoms with Crippen LogP contribution in [0.3, 0.4) is 0 Å². The van der Waals surface area contributed by atoms with E-state index in [1.165, 1.54) is 0 Å². The van der Waals surface area contributed by atoms with Gasteiger partial charge in [0.25, 0.3) is 0 Å². The standard InChI is InChI=1S/C15H22N2O3/c1-15(2,3)20-14(19)17-10-5-4-7-11-8-6-9-12(16)13(11)18/h4,6-9,18H,5,10,16H2,1-3H3,(H,17,19). The van der Waals surface area contributed by atoms with Crippen molar-refractivity contribution in [1.82, 2.24) is 5.32 Å². The van der Waals surface area contributed by atoms with E-state index in [1.807, 2.05) is 26.8 Å². The Morgan fingerprint density at radius 1 is 1.45 bits per heavy atom. The Hall–Kier alpha value is -2.17. The lowest BCUT2D eigenvalue weighted by atomic mass is 10.1. The van der Waals surface area contributed by atoms with Crippen LogP contribution in [0.4, 0.5) is 10.5 Å². The van der Waals surface area contributed by atoms with Crippen molar-refractivity contribution < 1.29 is 14.6 Å². The molecular weight excluding hydrogens is 256 g/mol. The molecule has 0 bridgehead atoms. The Morgan fingerprint density at radius 2 is 2.15 bits per heavy atom. The van der Waals surface area contributed by atoms with Gasteiger partial charge in [-0.1, -0.05) is 24.3 Å². The average molecular weight is 278 g/mol. The van der Waals surface area contributed by atoms with Crippen molar-refractivity contribution in [3.8, 4) is 5.75 Å². The Morgan fingerprint density at radius 3 is 2.80 bits per heavy atom. The van der Waals surface area contributed by atoms with Gasteiger partial charge < -0.3 is 20.9 Å². The van der Waals surface area contributed by atoms with Crippen molar-refractivity contribution in [3.63, 3.8) is 0 Å². The molecule has 110 valence electrons. The van der Waals surface area contributed by atoms with Crippen molar-refractivity contribution in [3.05, 3.63) is 29.8 Å². The highest BCUT2D eigenvalue weighted by molar-refractivity contribution is 5.68. The van der Waals surface area contributed by atoms with E-state index in [0.717, 1.165) is 0 Å². The molecule has 1 aromatic carbocycles. The van der Waals surface area contributed by atoms with Crippen molar-refractivity contribution in [2.75, 3.05) is 12.3 Å². The first kappa shape index (κ1) is 15.9. The number of ether oxygens (including phenoxy) is 1. The number of hydrogen-bond acceptors (Lipinski definition) is 4. The Kier molecular flexibility index (Phi) is 5.43. The number of anilines is 1. The number of carbonyl (C=O) groups is 1. The minimum Gasteiger partial charge on any atom is -0.505 e. The third-order valence-electron chi connectivity index (χ3n) is 2.38. The van der Waals surface area contributed by atoms with E-state index in [1.54, 1.807) is 24.3 Å². The zero-order chi connectivity index (χ0) is 15.2. The van der Waals surface area contributed by atoms with Crippen LogP contribution in [0.2, 0.25) is 0 Å². The number of para-hydroxylation sites is 1. The molecule has 0 unspecified atom stereocenters. The molecule has 0 atom stereocenters. The van der Waals surface area contributed by atoms with Gasteiger partial charge in [0.2, 0.25) is 0 Å². The van der Waals surface area contributed by atoms with Crippen LogP contribution in [-0.2, 0) is 4.74 Å². The molecule has 0 aliphatic heterocycles. The van der Waals surface area contributed by atoms with Gasteiger partial charge in [0, 0.05) is 12.1 Å². The summed E-state index contributed by atoms with van der Waals surface area (Å²) in [6.45, 7) is 5.91. The molecule has 1 aromatic rings. The maximum atomic E-state index is 11.4. The van der Waals surface area contributed by atoms with Gasteiger partial charge in [-0.15, -0.1) is 0 Å². The molecule has 1 rings (SSSR count). The zero-order valence-corrected chi connectivity index (χ0v) is 12.1. The Balaban J connectivity index is 2.36. The topological polar surface area (TPSA) is 84.6 Å². The van der Waals surface area contributed by atoms with E-state index in [-0.39, 0.29) is 5.75 Å². The summed E-state index contributed by atoms with van der Waals surface area (Å²) in [5.41, 5.74) is 6.10. The van der Waals surface area contributed by atoms with Gasteiger partial charge in [-0.05, 0) is 33.3 Å². The van der Waals surface area contributed by atoms with Crippen LogP contribution in [0.25, 0.3) is 6.08 Å². The molecule has 0 fully saturated rings. The second-order valence-corrected chi connectivity index (χ2v) is 5.40. The highest BCUT2D eigenvalue weighted by Crippen LogP contribution is 2.25. The Labute approximate surface area is 119 Å². The molecule has 0 heterocycles. The number of phenolic OH excluding ortho intramolecular Hbond substituents is 1. The number of aromatic hydroxyl groups is 1. The van der Waals surface area contributed by atoms with Crippen LogP contribution >= 0.6 is 0 Å². The SMILES string of the molecule is CC(C)(C)OC(=O)NCCC=Cc1cccc(N)c1O. The summed E-state index contributed by atoms with van der Waals surface area (Å²) >= 11 is 0. The van der Waals surface area contributed by atoms with Crippen LogP contribution < -0.4 is 11.1 Å². The maximum Gasteiger partial charge on any atom is 0.407 e. The number of rotatable bonds is 4. The van der Waals surface area contributed by atoms with Gasteiger partial charge >= 0.3 is 6.09 Å². The lowest BCUT2D eigenvalue weighted by Crippen LogP contribution is -2.32. The molecule has 0 spiro atoms. The van der Waals surface area contributed by atoms with Crippen molar-refractivity contribution in [2.45, 2.75) is 32.8 Å². The van der Waals surface area contributed by atoms with Crippen LogP contribution in [0.5, 0.6) is 5.75 Å². The monoisotopic (exact) mass is 278 g/mol. The molecule has 0 aromatic heterocycles. The number of nitrogen functional groups attached to an aromatic ring is 1. The summed E-state index contributed by atoms with van der Waals surface area (Å²) in [6, 6.07) is 5.17. The van der Waals surface area contributed by atoms with Crippen LogP contribution in [0, 0.1) is 0 Å². The first-order chi connectivity index (χ1) is 9.29. The predicted octanol–water partition coefficient (Wildman–Crippen LogP) is 2.90. The molecule has 0 aliphatic rings. The molecule has 5 nitrogen and oxygen atoms in total. The summed E-state index contributed by atoms with van der Waals surface area (Å²) in [6.07, 6.45) is 3.82. The normalized spacial score (nSPS) is 11.6. The molecule has 0 saturated heterocycles. The molecule has 1 amide bonds. The Bertz CT molecular complexity index is 490. The second-order valence-electron chi connectivity index (χ2n) is 5.40. The smallest absolute Gasteiger partial charge is 0.407 e. The van der Waals surface area contributed by atoms with E-state index in [0.29, 0.717) is 24.2 Å². The molecule has 0 radical (unpaired) electrons. The minimum absolute atomic E-state index is 0.0730. The fraction of sp³-hybridized carbons (Fsp3) is 0.400. The summed E-state index contributed by atoms with van der Waals surface area (Å²) in [5.74, 6) is 0.0730.